The quantitative estimate of drug-likeness (QED) is 0.784. The van der Waals surface area contributed by atoms with Gasteiger partial charge in [0.15, 0.2) is 5.69 Å². The summed E-state index contributed by atoms with van der Waals surface area (Å²) in [5.41, 5.74) is 2.17. The van der Waals surface area contributed by atoms with Gasteiger partial charge in [-0.25, -0.2) is 9.18 Å². The van der Waals surface area contributed by atoms with Gasteiger partial charge in [-0.3, -0.25) is 4.68 Å². The maximum Gasteiger partial charge on any atom is 0.356 e. The maximum absolute atomic E-state index is 13.1. The lowest BCUT2D eigenvalue weighted by Gasteiger charge is -2.08. The number of nitrogens with zero attached hydrogens (tertiary/aromatic N) is 2. The summed E-state index contributed by atoms with van der Waals surface area (Å²) in [6, 6.07) is 14.5. The average molecular weight is 331 g/mol. The van der Waals surface area contributed by atoms with Crippen LogP contribution in [0.1, 0.15) is 16.1 Å². The van der Waals surface area contributed by atoms with Crippen LogP contribution in [0.15, 0.2) is 54.6 Å². The molecule has 1 aromatic heterocycles. The first kappa shape index (κ1) is 15.2. The molecule has 3 aromatic rings. The van der Waals surface area contributed by atoms with E-state index in [0.29, 0.717) is 22.8 Å². The van der Waals surface area contributed by atoms with Gasteiger partial charge in [0.25, 0.3) is 0 Å². The summed E-state index contributed by atoms with van der Waals surface area (Å²) in [6.45, 7) is 0.386. The van der Waals surface area contributed by atoms with Crippen molar-refractivity contribution in [2.75, 3.05) is 0 Å². The van der Waals surface area contributed by atoms with Crippen molar-refractivity contribution in [2.24, 2.45) is 0 Å². The summed E-state index contributed by atoms with van der Waals surface area (Å²) >= 11 is 5.87. The van der Waals surface area contributed by atoms with Crippen molar-refractivity contribution in [3.05, 3.63) is 76.7 Å². The minimum atomic E-state index is -1.11. The van der Waals surface area contributed by atoms with E-state index < -0.39 is 5.97 Å². The number of halogens is 2. The molecular weight excluding hydrogens is 319 g/mol. The molecule has 4 nitrogen and oxygen atoms in total. The second-order valence-electron chi connectivity index (χ2n) is 5.01. The Labute approximate surface area is 136 Å². The van der Waals surface area contributed by atoms with Crippen LogP contribution in [0, 0.1) is 5.82 Å². The highest BCUT2D eigenvalue weighted by atomic mass is 35.5. The highest BCUT2D eigenvalue weighted by Crippen LogP contribution is 2.22. The minimum Gasteiger partial charge on any atom is -0.476 e. The standard InChI is InChI=1S/C17H12ClFN2O2/c18-13-5-1-11(2-6-13)10-21-16(9-15(20-21)17(22)23)12-3-7-14(19)8-4-12/h1-9H,10H2,(H,22,23). The molecule has 23 heavy (non-hydrogen) atoms. The predicted octanol–water partition coefficient (Wildman–Crippen LogP) is 4.09. The zero-order chi connectivity index (χ0) is 16.4. The molecule has 0 aliphatic rings. The number of rotatable bonds is 4. The van der Waals surface area contributed by atoms with Crippen LogP contribution in [0.4, 0.5) is 4.39 Å². The van der Waals surface area contributed by atoms with Crippen LogP contribution >= 0.6 is 11.6 Å². The van der Waals surface area contributed by atoms with Gasteiger partial charge in [-0.15, -0.1) is 0 Å². The third-order valence-corrected chi connectivity index (χ3v) is 3.64. The fraction of sp³-hybridized carbons (Fsp3) is 0.0588. The van der Waals surface area contributed by atoms with Crippen molar-refractivity contribution in [1.82, 2.24) is 9.78 Å². The second-order valence-corrected chi connectivity index (χ2v) is 5.45. The lowest BCUT2D eigenvalue weighted by Crippen LogP contribution is -2.05. The Kier molecular flexibility index (Phi) is 4.12. The van der Waals surface area contributed by atoms with Crippen molar-refractivity contribution < 1.29 is 14.3 Å². The smallest absolute Gasteiger partial charge is 0.356 e. The Bertz CT molecular complexity index is 842. The van der Waals surface area contributed by atoms with E-state index in [0.717, 1.165) is 5.56 Å². The molecule has 1 heterocycles. The predicted molar refractivity (Wildman–Crippen MR) is 85.1 cm³/mol. The van der Waals surface area contributed by atoms with Gasteiger partial charge in [-0.2, -0.15) is 5.10 Å². The Hall–Kier alpha value is -2.66. The molecule has 0 radical (unpaired) electrons. The number of benzene rings is 2. The van der Waals surface area contributed by atoms with E-state index in [1.165, 1.54) is 18.2 Å². The van der Waals surface area contributed by atoms with Crippen LogP contribution in [-0.4, -0.2) is 20.9 Å². The zero-order valence-electron chi connectivity index (χ0n) is 11.9. The van der Waals surface area contributed by atoms with E-state index in [1.54, 1.807) is 28.9 Å². The monoisotopic (exact) mass is 330 g/mol. The van der Waals surface area contributed by atoms with Gasteiger partial charge in [0.1, 0.15) is 5.82 Å². The van der Waals surface area contributed by atoms with Crippen molar-refractivity contribution in [3.8, 4) is 11.3 Å². The van der Waals surface area contributed by atoms with Crippen LogP contribution in [0.3, 0.4) is 0 Å². The summed E-state index contributed by atoms with van der Waals surface area (Å²) in [4.78, 5) is 11.2. The first-order chi connectivity index (χ1) is 11.0. The molecule has 0 aliphatic heterocycles. The minimum absolute atomic E-state index is 0.0571. The van der Waals surface area contributed by atoms with E-state index >= 15 is 0 Å². The van der Waals surface area contributed by atoms with E-state index in [2.05, 4.69) is 5.10 Å². The van der Waals surface area contributed by atoms with E-state index in [1.807, 2.05) is 12.1 Å². The summed E-state index contributed by atoms with van der Waals surface area (Å²) in [5.74, 6) is -1.46. The molecular formula is C17H12ClFN2O2. The topological polar surface area (TPSA) is 55.1 Å². The fourth-order valence-electron chi connectivity index (χ4n) is 2.26. The Morgan fingerprint density at radius 1 is 1.13 bits per heavy atom. The molecule has 0 fully saturated rings. The molecule has 3 rings (SSSR count). The molecule has 6 heteroatoms. The van der Waals surface area contributed by atoms with Crippen LogP contribution in [0.2, 0.25) is 5.02 Å². The van der Waals surface area contributed by atoms with Gasteiger partial charge in [-0.1, -0.05) is 23.7 Å². The first-order valence-electron chi connectivity index (χ1n) is 6.84. The number of carboxylic acid groups (broad SMARTS) is 1. The number of aromatic carboxylic acids is 1. The lowest BCUT2D eigenvalue weighted by molar-refractivity contribution is 0.0689. The van der Waals surface area contributed by atoms with Gasteiger partial charge < -0.3 is 5.11 Å². The number of hydrogen-bond acceptors (Lipinski definition) is 2. The first-order valence-corrected chi connectivity index (χ1v) is 7.22. The average Bonchev–Trinajstić information content (AvgIpc) is 2.94. The number of hydrogen-bond donors (Lipinski definition) is 1. The van der Waals surface area contributed by atoms with Crippen LogP contribution in [0.25, 0.3) is 11.3 Å². The highest BCUT2D eigenvalue weighted by Gasteiger charge is 2.15. The van der Waals surface area contributed by atoms with Gasteiger partial charge in [0.2, 0.25) is 0 Å². The van der Waals surface area contributed by atoms with Crippen molar-refractivity contribution in [1.29, 1.82) is 0 Å². The van der Waals surface area contributed by atoms with Gasteiger partial charge in [0, 0.05) is 10.6 Å². The second kappa shape index (κ2) is 6.22. The molecule has 0 spiro atoms. The third-order valence-electron chi connectivity index (χ3n) is 3.38. The van der Waals surface area contributed by atoms with Crippen LogP contribution in [-0.2, 0) is 6.54 Å². The van der Waals surface area contributed by atoms with Crippen molar-refractivity contribution >= 4 is 17.6 Å². The van der Waals surface area contributed by atoms with Crippen molar-refractivity contribution in [3.63, 3.8) is 0 Å². The van der Waals surface area contributed by atoms with E-state index in [4.69, 9.17) is 16.7 Å². The van der Waals surface area contributed by atoms with Gasteiger partial charge >= 0.3 is 5.97 Å². The molecule has 0 unspecified atom stereocenters. The van der Waals surface area contributed by atoms with Crippen molar-refractivity contribution in [2.45, 2.75) is 6.54 Å². The molecule has 116 valence electrons. The number of aromatic nitrogens is 2. The summed E-state index contributed by atoms with van der Waals surface area (Å²) < 4.78 is 14.7. The Morgan fingerprint density at radius 3 is 2.39 bits per heavy atom. The Morgan fingerprint density at radius 2 is 1.78 bits per heavy atom. The molecule has 0 bridgehead atoms. The molecule has 1 N–H and O–H groups in total. The molecule has 0 atom stereocenters. The molecule has 0 saturated carbocycles. The van der Waals surface area contributed by atoms with Gasteiger partial charge in [-0.05, 0) is 48.0 Å². The lowest BCUT2D eigenvalue weighted by atomic mass is 10.1. The molecule has 0 aliphatic carbocycles. The van der Waals surface area contributed by atoms with Crippen LogP contribution in [0.5, 0.6) is 0 Å². The molecule has 2 aromatic carbocycles. The normalized spacial score (nSPS) is 10.7. The molecule has 0 saturated heterocycles. The maximum atomic E-state index is 13.1. The third kappa shape index (κ3) is 3.40. The summed E-state index contributed by atoms with van der Waals surface area (Å²) in [7, 11) is 0. The Balaban J connectivity index is 2.02. The summed E-state index contributed by atoms with van der Waals surface area (Å²) in [6.07, 6.45) is 0. The zero-order valence-corrected chi connectivity index (χ0v) is 12.7. The fourth-order valence-corrected chi connectivity index (χ4v) is 2.38. The number of carboxylic acids is 1. The van der Waals surface area contributed by atoms with E-state index in [-0.39, 0.29) is 11.5 Å². The van der Waals surface area contributed by atoms with Crippen LogP contribution < -0.4 is 0 Å². The SMILES string of the molecule is O=C(O)c1cc(-c2ccc(F)cc2)n(Cc2ccc(Cl)cc2)n1. The highest BCUT2D eigenvalue weighted by molar-refractivity contribution is 6.30. The summed E-state index contributed by atoms with van der Waals surface area (Å²) in [5, 5.41) is 13.9. The number of carbonyl (C=O) groups is 1. The van der Waals surface area contributed by atoms with Gasteiger partial charge in [0.05, 0.1) is 12.2 Å². The molecule has 0 amide bonds. The van der Waals surface area contributed by atoms with E-state index in [9.17, 15) is 9.18 Å². The largest absolute Gasteiger partial charge is 0.476 e.